The summed E-state index contributed by atoms with van der Waals surface area (Å²) in [7, 11) is 0. The molecule has 0 saturated carbocycles. The lowest BCUT2D eigenvalue weighted by Gasteiger charge is -2.30. The van der Waals surface area contributed by atoms with Gasteiger partial charge in [-0.15, -0.1) is 0 Å². The van der Waals surface area contributed by atoms with Crippen LogP contribution in [0.1, 0.15) is 48.6 Å². The molecule has 0 unspecified atom stereocenters. The fourth-order valence-corrected chi connectivity index (χ4v) is 2.81. The van der Waals surface area contributed by atoms with Gasteiger partial charge in [0.25, 0.3) is 11.8 Å². The monoisotopic (exact) mass is 372 g/mol. The molecule has 0 aliphatic heterocycles. The normalized spacial score (nSPS) is 10.7. The lowest BCUT2D eigenvalue weighted by Crippen LogP contribution is -2.44. The lowest BCUT2D eigenvalue weighted by atomic mass is 10.1. The van der Waals surface area contributed by atoms with Crippen LogP contribution in [0.3, 0.4) is 0 Å². The number of nitrogens with one attached hydrogen (secondary N) is 1. The van der Waals surface area contributed by atoms with Gasteiger partial charge < -0.3 is 19.4 Å². The molecule has 0 spiro atoms. The molecular weight excluding hydrogens is 348 g/mol. The lowest BCUT2D eigenvalue weighted by molar-refractivity contribution is -0.138. The van der Waals surface area contributed by atoms with E-state index < -0.39 is 11.9 Å². The highest BCUT2D eigenvalue weighted by atomic mass is 16.5. The Morgan fingerprint density at radius 1 is 1.04 bits per heavy atom. The summed E-state index contributed by atoms with van der Waals surface area (Å²) in [6.45, 7) is 7.24. The van der Waals surface area contributed by atoms with E-state index in [-0.39, 0.29) is 41.6 Å². The summed E-state index contributed by atoms with van der Waals surface area (Å²) in [6, 6.07) is 9.53. The smallest absolute Gasteiger partial charge is 0.340 e. The van der Waals surface area contributed by atoms with Gasteiger partial charge in [0, 0.05) is 12.1 Å². The second kappa shape index (κ2) is 9.02. The SMILES string of the molecule is CC(C)N(C(=O)COC(=O)c1ccccc1NC(=O)c1ccco1)C(C)C. The third-order valence-electron chi connectivity index (χ3n) is 3.87. The number of amides is 2. The number of benzene rings is 1. The number of ether oxygens (including phenoxy) is 1. The van der Waals surface area contributed by atoms with Gasteiger partial charge >= 0.3 is 5.97 Å². The molecule has 1 N–H and O–H groups in total. The van der Waals surface area contributed by atoms with E-state index in [2.05, 4.69) is 5.32 Å². The van der Waals surface area contributed by atoms with Gasteiger partial charge in [-0.3, -0.25) is 9.59 Å². The van der Waals surface area contributed by atoms with Crippen LogP contribution in [0.2, 0.25) is 0 Å². The number of rotatable bonds is 7. The molecule has 0 saturated heterocycles. The van der Waals surface area contributed by atoms with Crippen LogP contribution in [0, 0.1) is 0 Å². The highest BCUT2D eigenvalue weighted by molar-refractivity contribution is 6.06. The first-order chi connectivity index (χ1) is 12.8. The van der Waals surface area contributed by atoms with Crippen molar-refractivity contribution in [2.45, 2.75) is 39.8 Å². The number of hydrogen-bond acceptors (Lipinski definition) is 5. The largest absolute Gasteiger partial charge is 0.459 e. The Labute approximate surface area is 158 Å². The van der Waals surface area contributed by atoms with Crippen LogP contribution in [0.4, 0.5) is 5.69 Å². The zero-order chi connectivity index (χ0) is 20.0. The second-order valence-electron chi connectivity index (χ2n) is 6.54. The number of anilines is 1. The fraction of sp³-hybridized carbons (Fsp3) is 0.350. The minimum absolute atomic E-state index is 0.00364. The first kappa shape index (κ1) is 20.2. The van der Waals surface area contributed by atoms with Crippen LogP contribution in [0.15, 0.2) is 47.1 Å². The summed E-state index contributed by atoms with van der Waals surface area (Å²) in [5.41, 5.74) is 0.437. The summed E-state index contributed by atoms with van der Waals surface area (Å²) in [5.74, 6) is -1.32. The summed E-state index contributed by atoms with van der Waals surface area (Å²) >= 11 is 0. The van der Waals surface area contributed by atoms with E-state index >= 15 is 0 Å². The van der Waals surface area contributed by atoms with Crippen LogP contribution in [-0.4, -0.2) is 41.4 Å². The molecule has 0 aliphatic rings. The van der Waals surface area contributed by atoms with Crippen molar-refractivity contribution in [3.05, 3.63) is 54.0 Å². The minimum atomic E-state index is -0.689. The Hall–Kier alpha value is -3.09. The number of para-hydroxylation sites is 1. The van der Waals surface area contributed by atoms with Gasteiger partial charge in [-0.05, 0) is 52.0 Å². The molecule has 0 radical (unpaired) electrons. The van der Waals surface area contributed by atoms with Gasteiger partial charge in [0.1, 0.15) is 0 Å². The van der Waals surface area contributed by atoms with E-state index in [4.69, 9.17) is 9.15 Å². The minimum Gasteiger partial charge on any atom is -0.459 e. The summed E-state index contributed by atoms with van der Waals surface area (Å²) < 4.78 is 10.2. The molecule has 1 aromatic heterocycles. The number of carbonyl (C=O) groups is 3. The maximum atomic E-state index is 12.4. The topological polar surface area (TPSA) is 88.9 Å². The van der Waals surface area contributed by atoms with E-state index in [0.29, 0.717) is 0 Å². The second-order valence-corrected chi connectivity index (χ2v) is 6.54. The third-order valence-corrected chi connectivity index (χ3v) is 3.87. The van der Waals surface area contributed by atoms with Gasteiger partial charge in [0.05, 0.1) is 17.5 Å². The first-order valence-electron chi connectivity index (χ1n) is 8.73. The van der Waals surface area contributed by atoms with Crippen molar-refractivity contribution in [2.24, 2.45) is 0 Å². The number of carbonyl (C=O) groups excluding carboxylic acids is 3. The van der Waals surface area contributed by atoms with Crippen molar-refractivity contribution in [3.8, 4) is 0 Å². The van der Waals surface area contributed by atoms with Crippen molar-refractivity contribution >= 4 is 23.5 Å². The van der Waals surface area contributed by atoms with Crippen LogP contribution < -0.4 is 5.32 Å². The van der Waals surface area contributed by atoms with E-state index in [1.54, 1.807) is 29.2 Å². The van der Waals surface area contributed by atoms with Crippen molar-refractivity contribution in [1.82, 2.24) is 4.90 Å². The maximum absolute atomic E-state index is 12.4. The average molecular weight is 372 g/mol. The standard InChI is InChI=1S/C20H24N2O5/c1-13(2)22(14(3)4)18(23)12-27-20(25)15-8-5-6-9-16(15)21-19(24)17-10-7-11-26-17/h5-11,13-14H,12H2,1-4H3,(H,21,24). The summed E-state index contributed by atoms with van der Waals surface area (Å²) in [5, 5.41) is 2.61. The zero-order valence-electron chi connectivity index (χ0n) is 15.9. The first-order valence-corrected chi connectivity index (χ1v) is 8.73. The van der Waals surface area contributed by atoms with Crippen molar-refractivity contribution in [1.29, 1.82) is 0 Å². The quantitative estimate of drug-likeness (QED) is 0.753. The molecule has 0 fully saturated rings. The average Bonchev–Trinajstić information content (AvgIpc) is 3.14. The molecule has 27 heavy (non-hydrogen) atoms. The highest BCUT2D eigenvalue weighted by Gasteiger charge is 2.22. The van der Waals surface area contributed by atoms with E-state index in [1.807, 2.05) is 27.7 Å². The van der Waals surface area contributed by atoms with Crippen LogP contribution in [0.5, 0.6) is 0 Å². The van der Waals surface area contributed by atoms with Crippen LogP contribution in [0.25, 0.3) is 0 Å². The van der Waals surface area contributed by atoms with Crippen LogP contribution >= 0.6 is 0 Å². The molecule has 1 aromatic carbocycles. The number of furan rings is 1. The van der Waals surface area contributed by atoms with Crippen LogP contribution in [-0.2, 0) is 9.53 Å². The third kappa shape index (κ3) is 5.20. The van der Waals surface area contributed by atoms with Crippen molar-refractivity contribution in [3.63, 3.8) is 0 Å². The molecule has 0 atom stereocenters. The Morgan fingerprint density at radius 3 is 2.30 bits per heavy atom. The molecule has 0 aliphatic carbocycles. The van der Waals surface area contributed by atoms with Gasteiger partial charge in [-0.25, -0.2) is 4.79 Å². The van der Waals surface area contributed by atoms with Gasteiger partial charge in [0.2, 0.25) is 0 Å². The van der Waals surface area contributed by atoms with E-state index in [9.17, 15) is 14.4 Å². The Morgan fingerprint density at radius 2 is 1.70 bits per heavy atom. The zero-order valence-corrected chi connectivity index (χ0v) is 15.9. The molecule has 2 rings (SSSR count). The van der Waals surface area contributed by atoms with Gasteiger partial charge in [-0.1, -0.05) is 12.1 Å². The molecule has 1 heterocycles. The molecule has 0 bridgehead atoms. The Balaban J connectivity index is 2.06. The number of nitrogens with zero attached hydrogens (tertiary/aromatic N) is 1. The number of hydrogen-bond donors (Lipinski definition) is 1. The van der Waals surface area contributed by atoms with Crippen molar-refractivity contribution < 1.29 is 23.5 Å². The van der Waals surface area contributed by atoms with Gasteiger partial charge in [-0.2, -0.15) is 0 Å². The summed E-state index contributed by atoms with van der Waals surface area (Å²) in [6.07, 6.45) is 1.38. The van der Waals surface area contributed by atoms with E-state index in [0.717, 1.165) is 0 Å². The Bertz CT molecular complexity index is 788. The predicted octanol–water partition coefficient (Wildman–Crippen LogP) is 3.33. The predicted molar refractivity (Wildman–Crippen MR) is 101 cm³/mol. The number of esters is 1. The Kier molecular flexibility index (Phi) is 6.76. The molecule has 144 valence electrons. The summed E-state index contributed by atoms with van der Waals surface area (Å²) in [4.78, 5) is 38.6. The van der Waals surface area contributed by atoms with Gasteiger partial charge in [0.15, 0.2) is 12.4 Å². The molecule has 2 aromatic rings. The fourth-order valence-electron chi connectivity index (χ4n) is 2.81. The highest BCUT2D eigenvalue weighted by Crippen LogP contribution is 2.18. The van der Waals surface area contributed by atoms with Crippen molar-refractivity contribution in [2.75, 3.05) is 11.9 Å². The molecule has 7 heteroatoms. The molecule has 2 amide bonds. The molecule has 7 nitrogen and oxygen atoms in total. The molecular formula is C20H24N2O5. The maximum Gasteiger partial charge on any atom is 0.340 e. The van der Waals surface area contributed by atoms with E-state index in [1.165, 1.54) is 18.4 Å².